The summed E-state index contributed by atoms with van der Waals surface area (Å²) in [6.45, 7) is 2.22. The predicted molar refractivity (Wildman–Crippen MR) is 109 cm³/mol. The third-order valence-electron chi connectivity index (χ3n) is 5.61. The van der Waals surface area contributed by atoms with Gasteiger partial charge in [0.1, 0.15) is 0 Å². The van der Waals surface area contributed by atoms with Crippen molar-refractivity contribution in [1.29, 1.82) is 0 Å². The molecule has 7 heteroatoms. The molecule has 1 aromatic carbocycles. The monoisotopic (exact) mass is 403 g/mol. The minimum Gasteiger partial charge on any atom is -0.361 e. The molecule has 29 heavy (non-hydrogen) atoms. The maximum absolute atomic E-state index is 13.6. The van der Waals surface area contributed by atoms with Gasteiger partial charge in [-0.15, -0.1) is 0 Å². The van der Waals surface area contributed by atoms with E-state index in [0.717, 1.165) is 27.7 Å². The molecule has 0 radical (unpaired) electrons. The van der Waals surface area contributed by atoms with Gasteiger partial charge in [-0.2, -0.15) is 0 Å². The normalized spacial score (nSPS) is 17.4. The second-order valence-electron chi connectivity index (χ2n) is 7.61. The molecule has 2 aromatic heterocycles. The predicted octanol–water partition coefficient (Wildman–Crippen LogP) is 3.44. The van der Waals surface area contributed by atoms with Crippen molar-refractivity contribution in [1.82, 2.24) is 14.5 Å². The van der Waals surface area contributed by atoms with Crippen molar-refractivity contribution >= 4 is 10.9 Å². The minimum absolute atomic E-state index is 0. The van der Waals surface area contributed by atoms with E-state index in [0.29, 0.717) is 6.54 Å². The summed E-state index contributed by atoms with van der Waals surface area (Å²) in [7, 11) is 1.71. The number of nitrogens with zero attached hydrogens (tertiary/aromatic N) is 3. The van der Waals surface area contributed by atoms with Gasteiger partial charge in [-0.1, -0.05) is 25.1 Å². The quantitative estimate of drug-likeness (QED) is 0.655. The molecular formula is C22H27F2N3O2. The highest BCUT2D eigenvalue weighted by atomic mass is 19.3. The zero-order chi connectivity index (χ0) is 20.1. The lowest BCUT2D eigenvalue weighted by Crippen LogP contribution is -2.43. The van der Waals surface area contributed by atoms with Crippen LogP contribution in [-0.4, -0.2) is 44.2 Å². The summed E-state index contributed by atoms with van der Waals surface area (Å²) in [4.78, 5) is 5.62. The number of hydrogen-bond acceptors (Lipinski definition) is 4. The van der Waals surface area contributed by atoms with Crippen molar-refractivity contribution in [3.8, 4) is 0 Å². The number of aromatic nitrogens is 2. The number of pyridine rings is 1. The van der Waals surface area contributed by atoms with Gasteiger partial charge < -0.3 is 14.8 Å². The molecule has 4 rings (SSSR count). The van der Waals surface area contributed by atoms with Crippen molar-refractivity contribution < 1.29 is 19.0 Å². The van der Waals surface area contributed by atoms with Crippen molar-refractivity contribution in [2.45, 2.75) is 52.1 Å². The molecule has 0 spiro atoms. The molecule has 3 aromatic rings. The summed E-state index contributed by atoms with van der Waals surface area (Å²) in [5.41, 5.74) is 3.85. The summed E-state index contributed by atoms with van der Waals surface area (Å²) in [5, 5.41) is 22.4. The lowest BCUT2D eigenvalue weighted by atomic mass is 9.98. The van der Waals surface area contributed by atoms with Crippen LogP contribution in [0.15, 0.2) is 42.7 Å². The molecule has 156 valence electrons. The molecule has 0 saturated heterocycles. The summed E-state index contributed by atoms with van der Waals surface area (Å²) >= 11 is 0. The third kappa shape index (κ3) is 3.77. The second kappa shape index (κ2) is 7.82. The first-order valence-corrected chi connectivity index (χ1v) is 9.22. The Kier molecular flexibility index (Phi) is 5.76. The van der Waals surface area contributed by atoms with Crippen LogP contribution in [0.3, 0.4) is 0 Å². The van der Waals surface area contributed by atoms with Crippen LogP contribution in [0, 0.1) is 6.92 Å². The van der Waals surface area contributed by atoms with E-state index in [1.807, 2.05) is 25.1 Å². The van der Waals surface area contributed by atoms with Gasteiger partial charge in [0.05, 0.1) is 12.6 Å². The van der Waals surface area contributed by atoms with Gasteiger partial charge in [0.2, 0.25) is 5.79 Å². The Morgan fingerprint density at radius 2 is 2.03 bits per heavy atom. The highest BCUT2D eigenvalue weighted by Crippen LogP contribution is 2.36. The molecule has 1 aliphatic heterocycles. The Hall–Kier alpha value is -2.35. The highest BCUT2D eigenvalue weighted by molar-refractivity contribution is 5.86. The summed E-state index contributed by atoms with van der Waals surface area (Å²) < 4.78 is 28.9. The second-order valence-corrected chi connectivity index (χ2v) is 7.61. The third-order valence-corrected chi connectivity index (χ3v) is 5.61. The van der Waals surface area contributed by atoms with Crippen LogP contribution in [0.5, 0.6) is 0 Å². The topological polar surface area (TPSA) is 61.5 Å². The zero-order valence-electron chi connectivity index (χ0n) is 15.8. The molecule has 0 fully saturated rings. The van der Waals surface area contributed by atoms with Crippen molar-refractivity contribution in [2.24, 2.45) is 0 Å². The lowest BCUT2D eigenvalue weighted by molar-refractivity contribution is -0.179. The highest BCUT2D eigenvalue weighted by Gasteiger charge is 2.36. The largest absolute Gasteiger partial charge is 0.361 e. The van der Waals surface area contributed by atoms with Crippen molar-refractivity contribution in [2.75, 3.05) is 7.05 Å². The molecular weight excluding hydrogens is 376 g/mol. The molecule has 0 amide bonds. The van der Waals surface area contributed by atoms with Gasteiger partial charge in [-0.25, -0.2) is 8.78 Å². The standard InChI is InChI=1S/C21H23F2N3O2.CH4/c1-13-5-6-17-15(8-13)16-11-25(2)19(20(22)23)9-18(16)26(17)12-21(27,28)14-4-3-7-24-10-14;/h3-8,10,19-20,27-28H,9,11-12H2,1-2H3;1H4. The van der Waals surface area contributed by atoms with E-state index in [-0.39, 0.29) is 26.0 Å². The first-order chi connectivity index (χ1) is 13.3. The number of aryl methyl sites for hydroxylation is 1. The molecule has 1 atom stereocenters. The van der Waals surface area contributed by atoms with E-state index in [9.17, 15) is 19.0 Å². The number of aliphatic hydroxyl groups is 2. The van der Waals surface area contributed by atoms with E-state index in [2.05, 4.69) is 4.98 Å². The number of benzene rings is 1. The Bertz CT molecular complexity index is 1000. The average Bonchev–Trinajstić information content (AvgIpc) is 2.93. The molecule has 2 N–H and O–H groups in total. The number of halogens is 2. The van der Waals surface area contributed by atoms with Gasteiger partial charge in [0, 0.05) is 47.5 Å². The van der Waals surface area contributed by atoms with Crippen molar-refractivity contribution in [3.05, 3.63) is 65.1 Å². The Morgan fingerprint density at radius 1 is 1.28 bits per heavy atom. The zero-order valence-corrected chi connectivity index (χ0v) is 15.8. The van der Waals surface area contributed by atoms with Crippen LogP contribution in [0.2, 0.25) is 0 Å². The summed E-state index contributed by atoms with van der Waals surface area (Å²) in [5.74, 6) is -2.16. The van der Waals surface area contributed by atoms with Gasteiger partial charge >= 0.3 is 0 Å². The van der Waals surface area contributed by atoms with Crippen LogP contribution in [0.25, 0.3) is 10.9 Å². The minimum atomic E-state index is -2.47. The lowest BCUT2D eigenvalue weighted by Gasteiger charge is -2.33. The molecule has 0 saturated carbocycles. The van der Waals surface area contributed by atoms with Crippen LogP contribution in [-0.2, 0) is 25.3 Å². The molecule has 3 heterocycles. The number of hydrogen-bond donors (Lipinski definition) is 2. The van der Waals surface area contributed by atoms with Crippen LogP contribution >= 0.6 is 0 Å². The van der Waals surface area contributed by atoms with Gasteiger partial charge in [0.15, 0.2) is 0 Å². The fourth-order valence-electron chi connectivity index (χ4n) is 4.09. The van der Waals surface area contributed by atoms with Crippen LogP contribution < -0.4 is 0 Å². The Morgan fingerprint density at radius 3 is 2.69 bits per heavy atom. The maximum Gasteiger partial charge on any atom is 0.254 e. The molecule has 1 aliphatic rings. The molecule has 0 aliphatic carbocycles. The number of alkyl halides is 2. The first kappa shape index (κ1) is 21.4. The molecule has 5 nitrogen and oxygen atoms in total. The molecule has 0 bridgehead atoms. The van der Waals surface area contributed by atoms with Gasteiger partial charge in [-0.3, -0.25) is 9.88 Å². The van der Waals surface area contributed by atoms with Crippen LogP contribution in [0.1, 0.15) is 29.8 Å². The Labute approximate surface area is 169 Å². The van der Waals surface area contributed by atoms with Crippen molar-refractivity contribution in [3.63, 3.8) is 0 Å². The van der Waals surface area contributed by atoms with E-state index in [1.54, 1.807) is 34.8 Å². The number of rotatable bonds is 4. The fourth-order valence-corrected chi connectivity index (χ4v) is 4.09. The average molecular weight is 403 g/mol. The Balaban J connectivity index is 0.00000240. The van der Waals surface area contributed by atoms with E-state index in [4.69, 9.17) is 0 Å². The smallest absolute Gasteiger partial charge is 0.254 e. The fraction of sp³-hybridized carbons (Fsp3) is 0.409. The van der Waals surface area contributed by atoms with E-state index in [1.165, 1.54) is 6.20 Å². The summed E-state index contributed by atoms with van der Waals surface area (Å²) in [6.07, 6.45) is 0.633. The van der Waals surface area contributed by atoms with E-state index < -0.39 is 18.3 Å². The first-order valence-electron chi connectivity index (χ1n) is 9.22. The van der Waals surface area contributed by atoms with E-state index >= 15 is 0 Å². The number of fused-ring (bicyclic) bond motifs is 3. The maximum atomic E-state index is 13.6. The summed E-state index contributed by atoms with van der Waals surface area (Å²) in [6, 6.07) is 8.21. The number of likely N-dealkylation sites (N-methyl/N-ethyl adjacent to an activating group) is 1. The van der Waals surface area contributed by atoms with Gasteiger partial charge in [0.25, 0.3) is 6.43 Å². The van der Waals surface area contributed by atoms with Gasteiger partial charge in [-0.05, 0) is 37.7 Å². The molecule has 1 unspecified atom stereocenters. The van der Waals surface area contributed by atoms with Crippen LogP contribution in [0.4, 0.5) is 8.78 Å². The SMILES string of the molecule is C.Cc1ccc2c(c1)c1c(n2CC(O)(O)c2cccnc2)CC(C(F)F)N(C)C1.